The summed E-state index contributed by atoms with van der Waals surface area (Å²) in [6.45, 7) is 2.44. The maximum atomic E-state index is 12.3. The summed E-state index contributed by atoms with van der Waals surface area (Å²) in [5, 5.41) is 7.80. The van der Waals surface area contributed by atoms with Gasteiger partial charge in [-0.15, -0.1) is 0 Å². The predicted molar refractivity (Wildman–Crippen MR) is 106 cm³/mol. The molecule has 0 unspecified atom stereocenters. The van der Waals surface area contributed by atoms with Gasteiger partial charge in [0.2, 0.25) is 0 Å². The second-order valence-corrected chi connectivity index (χ2v) is 6.60. The van der Waals surface area contributed by atoms with Gasteiger partial charge in [-0.25, -0.2) is 0 Å². The first-order valence-corrected chi connectivity index (χ1v) is 8.90. The van der Waals surface area contributed by atoms with Gasteiger partial charge in [0.25, 0.3) is 5.91 Å². The summed E-state index contributed by atoms with van der Waals surface area (Å²) in [5.41, 5.74) is 1.88. The van der Waals surface area contributed by atoms with Crippen molar-refractivity contribution in [3.05, 3.63) is 71.2 Å². The number of anilines is 1. The molecule has 0 saturated carbocycles. The van der Waals surface area contributed by atoms with Crippen LogP contribution in [0.15, 0.2) is 60.7 Å². The van der Waals surface area contributed by atoms with E-state index in [0.29, 0.717) is 23.0 Å². The zero-order valence-electron chi connectivity index (χ0n) is 14.8. The van der Waals surface area contributed by atoms with Gasteiger partial charge in [0.15, 0.2) is 6.54 Å². The van der Waals surface area contributed by atoms with Crippen molar-refractivity contribution in [3.8, 4) is 5.75 Å². The van der Waals surface area contributed by atoms with Crippen LogP contribution in [0.2, 0.25) is 5.02 Å². The molecule has 3 N–H and O–H groups in total. The van der Waals surface area contributed by atoms with Crippen LogP contribution in [0.25, 0.3) is 10.8 Å². The molecule has 4 nitrogen and oxygen atoms in total. The molecule has 134 valence electrons. The Kier molecular flexibility index (Phi) is 5.76. The average molecular weight is 370 g/mol. The molecule has 0 radical (unpaired) electrons. The largest absolute Gasteiger partial charge is 0.495 e. The van der Waals surface area contributed by atoms with Gasteiger partial charge in [0, 0.05) is 11.3 Å². The first-order valence-electron chi connectivity index (χ1n) is 8.53. The van der Waals surface area contributed by atoms with Crippen molar-refractivity contribution in [2.75, 3.05) is 19.0 Å². The van der Waals surface area contributed by atoms with Crippen LogP contribution >= 0.6 is 11.6 Å². The molecule has 0 fully saturated rings. The summed E-state index contributed by atoms with van der Waals surface area (Å²) in [6, 6.07) is 19.9. The molecule has 1 amide bonds. The smallest absolute Gasteiger partial charge is 0.279 e. The van der Waals surface area contributed by atoms with E-state index in [2.05, 4.69) is 42.6 Å². The number of nitrogens with two attached hydrogens (primary N) is 1. The lowest BCUT2D eigenvalue weighted by Crippen LogP contribution is -2.86. The van der Waals surface area contributed by atoms with E-state index in [1.165, 1.54) is 16.3 Å². The van der Waals surface area contributed by atoms with Gasteiger partial charge in [-0.3, -0.25) is 4.79 Å². The van der Waals surface area contributed by atoms with Gasteiger partial charge < -0.3 is 15.4 Å². The summed E-state index contributed by atoms with van der Waals surface area (Å²) < 4.78 is 5.12. The van der Waals surface area contributed by atoms with Crippen molar-refractivity contribution < 1.29 is 14.8 Å². The van der Waals surface area contributed by atoms with Crippen LogP contribution in [-0.4, -0.2) is 19.6 Å². The topological polar surface area (TPSA) is 54.9 Å². The fourth-order valence-corrected chi connectivity index (χ4v) is 3.27. The molecular formula is C21H22ClN2O2+. The van der Waals surface area contributed by atoms with E-state index in [-0.39, 0.29) is 11.9 Å². The van der Waals surface area contributed by atoms with Crippen molar-refractivity contribution in [2.45, 2.75) is 13.0 Å². The van der Waals surface area contributed by atoms with Crippen LogP contribution in [0.5, 0.6) is 5.75 Å². The second-order valence-electron chi connectivity index (χ2n) is 6.19. The fraction of sp³-hybridized carbons (Fsp3) is 0.190. The molecule has 0 aromatic heterocycles. The minimum absolute atomic E-state index is 0.0710. The number of nitrogens with one attached hydrogen (secondary N) is 1. The number of hydrogen-bond acceptors (Lipinski definition) is 2. The number of quaternary nitrogens is 1. The highest BCUT2D eigenvalue weighted by molar-refractivity contribution is 6.32. The van der Waals surface area contributed by atoms with Crippen molar-refractivity contribution in [1.82, 2.24) is 0 Å². The van der Waals surface area contributed by atoms with E-state index in [9.17, 15) is 4.79 Å². The predicted octanol–water partition coefficient (Wildman–Crippen LogP) is 3.76. The zero-order valence-corrected chi connectivity index (χ0v) is 15.6. The Morgan fingerprint density at radius 1 is 1.15 bits per heavy atom. The van der Waals surface area contributed by atoms with Crippen LogP contribution in [0.3, 0.4) is 0 Å². The summed E-state index contributed by atoms with van der Waals surface area (Å²) in [4.78, 5) is 12.3. The van der Waals surface area contributed by atoms with Gasteiger partial charge in [-0.2, -0.15) is 0 Å². The highest BCUT2D eigenvalue weighted by atomic mass is 35.5. The Morgan fingerprint density at radius 3 is 2.69 bits per heavy atom. The number of ether oxygens (including phenoxy) is 1. The van der Waals surface area contributed by atoms with Gasteiger partial charge >= 0.3 is 0 Å². The van der Waals surface area contributed by atoms with E-state index < -0.39 is 0 Å². The molecule has 0 heterocycles. The Labute approximate surface area is 158 Å². The lowest BCUT2D eigenvalue weighted by atomic mass is 10.00. The van der Waals surface area contributed by atoms with E-state index in [0.717, 1.165) is 0 Å². The number of hydrogen-bond donors (Lipinski definition) is 2. The average Bonchev–Trinajstić information content (AvgIpc) is 2.66. The van der Waals surface area contributed by atoms with E-state index in [4.69, 9.17) is 16.3 Å². The molecule has 0 bridgehead atoms. The van der Waals surface area contributed by atoms with Crippen LogP contribution in [0, 0.1) is 0 Å². The molecule has 26 heavy (non-hydrogen) atoms. The molecule has 0 aliphatic heterocycles. The Hall–Kier alpha value is -2.56. The first-order chi connectivity index (χ1) is 12.6. The molecule has 0 aliphatic rings. The zero-order chi connectivity index (χ0) is 18.5. The maximum Gasteiger partial charge on any atom is 0.279 e. The minimum atomic E-state index is -0.0710. The van der Waals surface area contributed by atoms with Crippen molar-refractivity contribution >= 4 is 34.0 Å². The number of methoxy groups -OCH3 is 1. The van der Waals surface area contributed by atoms with Crippen LogP contribution in [-0.2, 0) is 4.79 Å². The number of carbonyl (C=O) groups excluding carboxylic acids is 1. The maximum absolute atomic E-state index is 12.3. The molecular weight excluding hydrogens is 348 g/mol. The van der Waals surface area contributed by atoms with Crippen molar-refractivity contribution in [3.63, 3.8) is 0 Å². The van der Waals surface area contributed by atoms with Gasteiger partial charge in [-0.05, 0) is 35.9 Å². The molecule has 3 aromatic rings. The normalized spacial score (nSPS) is 12.0. The van der Waals surface area contributed by atoms with Gasteiger partial charge in [-0.1, -0.05) is 54.1 Å². The summed E-state index contributed by atoms with van der Waals surface area (Å²) in [5.74, 6) is 0.513. The van der Waals surface area contributed by atoms with E-state index in [1.54, 1.807) is 25.3 Å². The van der Waals surface area contributed by atoms with Gasteiger partial charge in [0.05, 0.1) is 12.1 Å². The number of amides is 1. The number of fused-ring (bicyclic) bond motifs is 1. The summed E-state index contributed by atoms with van der Waals surface area (Å²) in [7, 11) is 1.56. The minimum Gasteiger partial charge on any atom is -0.495 e. The fourth-order valence-electron chi connectivity index (χ4n) is 3.01. The molecule has 0 aliphatic carbocycles. The molecule has 1 atom stereocenters. The monoisotopic (exact) mass is 369 g/mol. The Bertz CT molecular complexity index is 922. The highest BCUT2D eigenvalue weighted by Gasteiger charge is 2.14. The molecule has 0 spiro atoms. The van der Waals surface area contributed by atoms with Crippen LogP contribution in [0.1, 0.15) is 18.5 Å². The lowest BCUT2D eigenvalue weighted by Gasteiger charge is -2.14. The number of benzene rings is 3. The Balaban J connectivity index is 1.63. The van der Waals surface area contributed by atoms with Crippen molar-refractivity contribution in [1.29, 1.82) is 0 Å². The van der Waals surface area contributed by atoms with Gasteiger partial charge in [0.1, 0.15) is 11.8 Å². The molecule has 0 saturated heterocycles. The quantitative estimate of drug-likeness (QED) is 0.695. The second kappa shape index (κ2) is 8.21. The summed E-state index contributed by atoms with van der Waals surface area (Å²) >= 11 is 6.09. The number of carbonyl (C=O) groups is 1. The van der Waals surface area contributed by atoms with E-state index >= 15 is 0 Å². The SMILES string of the molecule is COc1ccc(NC(=O)C[NH2+][C@H](C)c2cccc3ccccc23)cc1Cl. The van der Waals surface area contributed by atoms with E-state index in [1.807, 2.05) is 17.4 Å². The number of rotatable bonds is 6. The highest BCUT2D eigenvalue weighted by Crippen LogP contribution is 2.27. The third-order valence-corrected chi connectivity index (χ3v) is 4.70. The molecule has 5 heteroatoms. The van der Waals surface area contributed by atoms with Crippen molar-refractivity contribution in [2.24, 2.45) is 0 Å². The molecule has 3 aromatic carbocycles. The Morgan fingerprint density at radius 2 is 1.92 bits per heavy atom. The molecule has 3 rings (SSSR count). The standard InChI is InChI=1S/C21H21ClN2O2/c1-14(17-9-5-7-15-6-3-4-8-18(15)17)23-13-21(25)24-16-10-11-20(26-2)19(22)12-16/h3-12,14,23H,13H2,1-2H3,(H,24,25)/p+1/t14-/m1/s1. The van der Waals surface area contributed by atoms with Crippen LogP contribution < -0.4 is 15.4 Å². The lowest BCUT2D eigenvalue weighted by molar-refractivity contribution is -0.682. The van der Waals surface area contributed by atoms with Crippen LogP contribution in [0.4, 0.5) is 5.69 Å². The third-order valence-electron chi connectivity index (χ3n) is 4.41. The summed E-state index contributed by atoms with van der Waals surface area (Å²) in [6.07, 6.45) is 0. The number of halogens is 1. The first kappa shape index (κ1) is 18.2. The third kappa shape index (κ3) is 4.15.